The summed E-state index contributed by atoms with van der Waals surface area (Å²) >= 11 is 0. The maximum atomic E-state index is 5.53. The third kappa shape index (κ3) is 3.50. The largest absolute Gasteiger partial charge is 0.378 e. The second-order valence-electron chi connectivity index (χ2n) is 8.22. The first-order valence-corrected chi connectivity index (χ1v) is 10.9. The molecule has 4 aromatic rings. The fourth-order valence-corrected chi connectivity index (χ4v) is 4.34. The third-order valence-corrected chi connectivity index (χ3v) is 6.10. The second-order valence-corrected chi connectivity index (χ2v) is 8.22. The number of anilines is 3. The standard InChI is InChI=1S/C25H24N6O/c1-30-23-14-19(5-6-20(23)16-26-30)22-15-24(29-25(28-22)31-9-11-32-12-10-31)27-21-8-7-17-3-2-4-18(17)13-21/h2-3,5-8,13-16H,4,9-12H2,1H3,(H,27,28,29). The van der Waals surface area contributed by atoms with Crippen molar-refractivity contribution in [1.29, 1.82) is 0 Å². The highest BCUT2D eigenvalue weighted by Crippen LogP contribution is 2.29. The molecule has 0 bridgehead atoms. The predicted molar refractivity (Wildman–Crippen MR) is 127 cm³/mol. The van der Waals surface area contributed by atoms with Gasteiger partial charge >= 0.3 is 0 Å². The molecule has 32 heavy (non-hydrogen) atoms. The van der Waals surface area contributed by atoms with Crippen molar-refractivity contribution in [3.8, 4) is 11.3 Å². The highest BCUT2D eigenvalue weighted by molar-refractivity contribution is 5.84. The number of hydrogen-bond acceptors (Lipinski definition) is 6. The Labute approximate surface area is 186 Å². The Morgan fingerprint density at radius 1 is 1.00 bits per heavy atom. The van der Waals surface area contributed by atoms with E-state index in [1.54, 1.807) is 0 Å². The van der Waals surface area contributed by atoms with E-state index in [0.717, 1.165) is 59.1 Å². The van der Waals surface area contributed by atoms with Crippen molar-refractivity contribution in [2.45, 2.75) is 6.42 Å². The minimum Gasteiger partial charge on any atom is -0.378 e. The van der Waals surface area contributed by atoms with Gasteiger partial charge < -0.3 is 15.0 Å². The van der Waals surface area contributed by atoms with Gasteiger partial charge in [-0.25, -0.2) is 4.98 Å². The van der Waals surface area contributed by atoms with E-state index in [9.17, 15) is 0 Å². The van der Waals surface area contributed by atoms with Crippen LogP contribution in [0.5, 0.6) is 0 Å². The number of rotatable bonds is 4. The molecule has 7 heteroatoms. The summed E-state index contributed by atoms with van der Waals surface area (Å²) in [6.45, 7) is 2.95. The van der Waals surface area contributed by atoms with Gasteiger partial charge in [0, 0.05) is 42.8 Å². The van der Waals surface area contributed by atoms with Gasteiger partial charge in [-0.2, -0.15) is 10.1 Å². The summed E-state index contributed by atoms with van der Waals surface area (Å²) in [5.74, 6) is 1.51. The molecule has 0 radical (unpaired) electrons. The number of hydrogen-bond donors (Lipinski definition) is 1. The minimum atomic E-state index is 0.690. The van der Waals surface area contributed by atoms with Crippen LogP contribution in [0.3, 0.4) is 0 Å². The Balaban J connectivity index is 1.41. The molecule has 3 heterocycles. The highest BCUT2D eigenvalue weighted by Gasteiger charge is 2.17. The smallest absolute Gasteiger partial charge is 0.228 e. The van der Waals surface area contributed by atoms with Crippen LogP contribution >= 0.6 is 0 Å². The molecule has 0 saturated carbocycles. The van der Waals surface area contributed by atoms with Crippen molar-refractivity contribution in [3.05, 3.63) is 65.9 Å². The van der Waals surface area contributed by atoms with E-state index < -0.39 is 0 Å². The molecule has 1 saturated heterocycles. The fourth-order valence-electron chi connectivity index (χ4n) is 4.34. The van der Waals surface area contributed by atoms with Crippen molar-refractivity contribution in [2.24, 2.45) is 7.05 Å². The molecule has 1 aliphatic carbocycles. The van der Waals surface area contributed by atoms with Crippen LogP contribution in [0.4, 0.5) is 17.5 Å². The van der Waals surface area contributed by atoms with Gasteiger partial charge in [0.2, 0.25) is 5.95 Å². The van der Waals surface area contributed by atoms with Gasteiger partial charge in [-0.15, -0.1) is 0 Å². The number of ether oxygens (including phenoxy) is 1. The molecule has 0 atom stereocenters. The summed E-state index contributed by atoms with van der Waals surface area (Å²) in [6.07, 6.45) is 7.23. The van der Waals surface area contributed by atoms with E-state index in [2.05, 4.69) is 63.9 Å². The molecule has 2 aliphatic rings. The lowest BCUT2D eigenvalue weighted by Gasteiger charge is -2.27. The van der Waals surface area contributed by atoms with Crippen LogP contribution in [0.1, 0.15) is 11.1 Å². The first kappa shape index (κ1) is 19.0. The van der Waals surface area contributed by atoms with Gasteiger partial charge in [0.15, 0.2) is 0 Å². The van der Waals surface area contributed by atoms with Crippen LogP contribution in [0, 0.1) is 0 Å². The molecular weight excluding hydrogens is 400 g/mol. The summed E-state index contributed by atoms with van der Waals surface area (Å²) in [5, 5.41) is 8.99. The molecular formula is C25H24N6O. The van der Waals surface area contributed by atoms with E-state index in [0.29, 0.717) is 13.2 Å². The Kier molecular flexibility index (Phi) is 4.61. The summed E-state index contributed by atoms with van der Waals surface area (Å²) in [7, 11) is 1.96. The number of fused-ring (bicyclic) bond motifs is 2. The van der Waals surface area contributed by atoms with Crippen LogP contribution in [-0.4, -0.2) is 46.1 Å². The number of aryl methyl sites for hydroxylation is 1. The highest BCUT2D eigenvalue weighted by atomic mass is 16.5. The number of nitrogens with zero attached hydrogens (tertiary/aromatic N) is 5. The van der Waals surface area contributed by atoms with Gasteiger partial charge in [-0.1, -0.05) is 30.4 Å². The average molecular weight is 425 g/mol. The van der Waals surface area contributed by atoms with Crippen LogP contribution in [0.2, 0.25) is 0 Å². The number of morpholine rings is 1. The molecule has 2 aromatic heterocycles. The van der Waals surface area contributed by atoms with E-state index in [4.69, 9.17) is 14.7 Å². The minimum absolute atomic E-state index is 0.690. The van der Waals surface area contributed by atoms with Gasteiger partial charge in [-0.3, -0.25) is 4.68 Å². The normalized spacial score (nSPS) is 15.3. The lowest BCUT2D eigenvalue weighted by atomic mass is 10.1. The van der Waals surface area contributed by atoms with Crippen molar-refractivity contribution in [1.82, 2.24) is 19.7 Å². The van der Waals surface area contributed by atoms with Crippen LogP contribution in [0.15, 0.2) is 54.7 Å². The van der Waals surface area contributed by atoms with Gasteiger partial charge in [0.1, 0.15) is 5.82 Å². The second kappa shape index (κ2) is 7.76. The Bertz CT molecular complexity index is 1340. The SMILES string of the molecule is Cn1ncc2ccc(-c3cc(Nc4ccc5c(c4)CC=C5)nc(N4CCOCC4)n3)cc21. The Hall–Kier alpha value is -3.71. The number of nitrogens with one attached hydrogen (secondary N) is 1. The molecule has 1 aliphatic heterocycles. The quantitative estimate of drug-likeness (QED) is 0.530. The molecule has 7 nitrogen and oxygen atoms in total. The zero-order valence-electron chi connectivity index (χ0n) is 18.0. The summed E-state index contributed by atoms with van der Waals surface area (Å²) in [5.41, 5.74) is 6.66. The third-order valence-electron chi connectivity index (χ3n) is 6.10. The number of allylic oxidation sites excluding steroid dienone is 1. The molecule has 0 unspecified atom stereocenters. The van der Waals surface area contributed by atoms with Crippen molar-refractivity contribution >= 4 is 34.4 Å². The van der Waals surface area contributed by atoms with Gasteiger partial charge in [0.05, 0.1) is 30.6 Å². The molecule has 1 fully saturated rings. The maximum Gasteiger partial charge on any atom is 0.228 e. The first-order chi connectivity index (χ1) is 15.7. The molecule has 0 spiro atoms. The van der Waals surface area contributed by atoms with E-state index in [-0.39, 0.29) is 0 Å². The average Bonchev–Trinajstić information content (AvgIpc) is 3.45. The molecule has 1 N–H and O–H groups in total. The summed E-state index contributed by atoms with van der Waals surface area (Å²) in [6, 6.07) is 14.8. The van der Waals surface area contributed by atoms with Crippen LogP contribution in [-0.2, 0) is 18.2 Å². The maximum absolute atomic E-state index is 5.53. The van der Waals surface area contributed by atoms with E-state index in [1.165, 1.54) is 11.1 Å². The predicted octanol–water partition coefficient (Wildman–Crippen LogP) is 4.18. The van der Waals surface area contributed by atoms with Crippen molar-refractivity contribution in [2.75, 3.05) is 36.5 Å². The van der Waals surface area contributed by atoms with Crippen LogP contribution in [0.25, 0.3) is 28.2 Å². The molecule has 0 amide bonds. The molecule has 160 valence electrons. The first-order valence-electron chi connectivity index (χ1n) is 10.9. The number of aromatic nitrogens is 4. The fraction of sp³-hybridized carbons (Fsp3) is 0.240. The number of benzene rings is 2. The Morgan fingerprint density at radius 2 is 1.91 bits per heavy atom. The molecule has 2 aromatic carbocycles. The topological polar surface area (TPSA) is 68.1 Å². The van der Waals surface area contributed by atoms with E-state index in [1.807, 2.05) is 24.0 Å². The summed E-state index contributed by atoms with van der Waals surface area (Å²) < 4.78 is 7.42. The monoisotopic (exact) mass is 424 g/mol. The van der Waals surface area contributed by atoms with Crippen LogP contribution < -0.4 is 10.2 Å². The lowest BCUT2D eigenvalue weighted by Crippen LogP contribution is -2.37. The van der Waals surface area contributed by atoms with Crippen molar-refractivity contribution < 1.29 is 4.74 Å². The van der Waals surface area contributed by atoms with Gasteiger partial charge in [0.25, 0.3) is 0 Å². The zero-order valence-corrected chi connectivity index (χ0v) is 18.0. The Morgan fingerprint density at radius 3 is 2.81 bits per heavy atom. The molecule has 6 rings (SSSR count). The van der Waals surface area contributed by atoms with E-state index >= 15 is 0 Å². The van der Waals surface area contributed by atoms with Gasteiger partial charge in [-0.05, 0) is 35.7 Å². The zero-order chi connectivity index (χ0) is 21.5. The van der Waals surface area contributed by atoms with Crippen molar-refractivity contribution in [3.63, 3.8) is 0 Å². The lowest BCUT2D eigenvalue weighted by molar-refractivity contribution is 0.122. The summed E-state index contributed by atoms with van der Waals surface area (Å²) in [4.78, 5) is 12.0.